The summed E-state index contributed by atoms with van der Waals surface area (Å²) in [5, 5.41) is 6.81. The van der Waals surface area contributed by atoms with Gasteiger partial charge in [0.25, 0.3) is 0 Å². The largest absolute Gasteiger partial charge is 0.495 e. The highest BCUT2D eigenvalue weighted by Gasteiger charge is 2.26. The van der Waals surface area contributed by atoms with E-state index in [4.69, 9.17) is 21.1 Å². The minimum Gasteiger partial charge on any atom is -0.495 e. The highest BCUT2D eigenvalue weighted by atomic mass is 35.5. The van der Waals surface area contributed by atoms with Gasteiger partial charge in [-0.1, -0.05) is 35.9 Å². The van der Waals surface area contributed by atoms with E-state index in [1.54, 1.807) is 7.11 Å². The Balaban J connectivity index is 1.28. The van der Waals surface area contributed by atoms with E-state index < -0.39 is 0 Å². The molecule has 0 radical (unpaired) electrons. The van der Waals surface area contributed by atoms with E-state index in [2.05, 4.69) is 38.6 Å². The van der Waals surface area contributed by atoms with Crippen LogP contribution in [0.15, 0.2) is 42.5 Å². The molecule has 2 amide bonds. The lowest BCUT2D eigenvalue weighted by Gasteiger charge is -2.27. The molecule has 2 fully saturated rings. The maximum atomic E-state index is 12.6. The topological polar surface area (TPSA) is 66.1 Å². The standard InChI is InChI=1S/C24H31ClN4O3/c1-31-23-7-6-20(25)14-22(23)29-9-8-21(17-29)27-24(30)26-15-18-4-2-3-5-19(18)16-28-10-12-32-13-11-28/h2-7,14,21H,8-13,15-17H2,1H3,(H2,26,27,30). The van der Waals surface area contributed by atoms with Crippen LogP contribution >= 0.6 is 11.6 Å². The highest BCUT2D eigenvalue weighted by Crippen LogP contribution is 2.33. The number of anilines is 1. The number of carbonyl (C=O) groups is 1. The molecule has 2 N–H and O–H groups in total. The number of nitrogens with one attached hydrogen (secondary N) is 2. The van der Waals surface area contributed by atoms with Crippen LogP contribution in [0.1, 0.15) is 17.5 Å². The summed E-state index contributed by atoms with van der Waals surface area (Å²) in [6.07, 6.45) is 0.872. The van der Waals surface area contributed by atoms with Gasteiger partial charge in [0.05, 0.1) is 26.0 Å². The van der Waals surface area contributed by atoms with E-state index in [9.17, 15) is 4.79 Å². The van der Waals surface area contributed by atoms with Crippen LogP contribution < -0.4 is 20.3 Å². The first-order chi connectivity index (χ1) is 15.6. The van der Waals surface area contributed by atoms with Crippen molar-refractivity contribution in [3.8, 4) is 5.75 Å². The van der Waals surface area contributed by atoms with Crippen LogP contribution in [-0.4, -0.2) is 63.5 Å². The molecule has 2 aromatic carbocycles. The van der Waals surface area contributed by atoms with Gasteiger partial charge in [0, 0.05) is 50.3 Å². The first-order valence-electron chi connectivity index (χ1n) is 11.1. The van der Waals surface area contributed by atoms with Gasteiger partial charge in [-0.05, 0) is 35.7 Å². The molecule has 2 aromatic rings. The number of amides is 2. The Bertz CT molecular complexity index is 920. The van der Waals surface area contributed by atoms with Crippen molar-refractivity contribution in [2.75, 3.05) is 51.4 Å². The molecule has 172 valence electrons. The van der Waals surface area contributed by atoms with E-state index in [1.165, 1.54) is 5.56 Å². The number of ether oxygens (including phenoxy) is 2. The fraction of sp³-hybridized carbons (Fsp3) is 0.458. The van der Waals surface area contributed by atoms with Gasteiger partial charge in [-0.25, -0.2) is 4.79 Å². The zero-order chi connectivity index (χ0) is 22.3. The summed E-state index contributed by atoms with van der Waals surface area (Å²) in [6.45, 7) is 6.38. The number of carbonyl (C=O) groups excluding carboxylic acids is 1. The molecule has 2 aliphatic rings. The van der Waals surface area contributed by atoms with Gasteiger partial charge in [0.15, 0.2) is 0 Å². The van der Waals surface area contributed by atoms with Crippen molar-refractivity contribution in [1.29, 1.82) is 0 Å². The van der Waals surface area contributed by atoms with E-state index in [1.807, 2.05) is 24.3 Å². The first-order valence-corrected chi connectivity index (χ1v) is 11.5. The molecule has 32 heavy (non-hydrogen) atoms. The lowest BCUT2D eigenvalue weighted by Crippen LogP contribution is -2.43. The molecule has 0 aromatic heterocycles. The Morgan fingerprint density at radius 1 is 1.16 bits per heavy atom. The van der Waals surface area contributed by atoms with Crippen molar-refractivity contribution < 1.29 is 14.3 Å². The molecule has 0 spiro atoms. The van der Waals surface area contributed by atoms with Crippen molar-refractivity contribution in [3.05, 3.63) is 58.6 Å². The van der Waals surface area contributed by atoms with Crippen molar-refractivity contribution in [2.45, 2.75) is 25.6 Å². The summed E-state index contributed by atoms with van der Waals surface area (Å²) in [4.78, 5) is 17.2. The Hall–Kier alpha value is -2.48. The number of hydrogen-bond acceptors (Lipinski definition) is 5. The number of hydrogen-bond donors (Lipinski definition) is 2. The summed E-state index contributed by atoms with van der Waals surface area (Å²) in [6, 6.07) is 13.8. The number of rotatable bonds is 7. The summed E-state index contributed by atoms with van der Waals surface area (Å²) in [5.41, 5.74) is 3.35. The molecule has 0 saturated carbocycles. The Kier molecular flexibility index (Phi) is 7.73. The second kappa shape index (κ2) is 10.9. The van der Waals surface area contributed by atoms with Crippen LogP contribution in [0, 0.1) is 0 Å². The van der Waals surface area contributed by atoms with Crippen LogP contribution in [0.25, 0.3) is 0 Å². The van der Waals surface area contributed by atoms with Gasteiger partial charge in [-0.2, -0.15) is 0 Å². The van der Waals surface area contributed by atoms with E-state index in [0.717, 1.165) is 69.4 Å². The van der Waals surface area contributed by atoms with Gasteiger partial charge in [0.2, 0.25) is 0 Å². The van der Waals surface area contributed by atoms with Crippen LogP contribution in [0.2, 0.25) is 5.02 Å². The zero-order valence-electron chi connectivity index (χ0n) is 18.5. The monoisotopic (exact) mass is 458 g/mol. The molecule has 1 unspecified atom stereocenters. The molecule has 4 rings (SSSR count). The van der Waals surface area contributed by atoms with Crippen molar-refractivity contribution >= 4 is 23.3 Å². The average Bonchev–Trinajstić information content (AvgIpc) is 3.27. The molecular formula is C24H31ClN4O3. The maximum Gasteiger partial charge on any atom is 0.315 e. The normalized spacial score (nSPS) is 19.1. The van der Waals surface area contributed by atoms with Gasteiger partial charge in [0.1, 0.15) is 5.75 Å². The molecule has 0 aliphatic carbocycles. The number of nitrogens with zero attached hydrogens (tertiary/aromatic N) is 2. The lowest BCUT2D eigenvalue weighted by molar-refractivity contribution is 0.0341. The van der Waals surface area contributed by atoms with E-state index >= 15 is 0 Å². The predicted molar refractivity (Wildman–Crippen MR) is 127 cm³/mol. The predicted octanol–water partition coefficient (Wildman–Crippen LogP) is 3.26. The van der Waals surface area contributed by atoms with Gasteiger partial charge >= 0.3 is 6.03 Å². The average molecular weight is 459 g/mol. The molecule has 2 saturated heterocycles. The third-order valence-corrected chi connectivity index (χ3v) is 6.30. The molecule has 8 heteroatoms. The quantitative estimate of drug-likeness (QED) is 0.666. The van der Waals surface area contributed by atoms with Crippen LogP contribution in [0.5, 0.6) is 5.75 Å². The van der Waals surface area contributed by atoms with E-state index in [0.29, 0.717) is 11.6 Å². The van der Waals surface area contributed by atoms with E-state index in [-0.39, 0.29) is 12.1 Å². The summed E-state index contributed by atoms with van der Waals surface area (Å²) in [5.74, 6) is 0.788. The van der Waals surface area contributed by atoms with Crippen molar-refractivity contribution in [2.24, 2.45) is 0 Å². The summed E-state index contributed by atoms with van der Waals surface area (Å²) in [7, 11) is 1.66. The fourth-order valence-corrected chi connectivity index (χ4v) is 4.47. The smallest absolute Gasteiger partial charge is 0.315 e. The van der Waals surface area contributed by atoms with Crippen LogP contribution in [0.3, 0.4) is 0 Å². The number of urea groups is 1. The van der Waals surface area contributed by atoms with Gasteiger partial charge in [-0.3, -0.25) is 4.90 Å². The second-order valence-electron chi connectivity index (χ2n) is 8.23. The Morgan fingerprint density at radius 3 is 2.72 bits per heavy atom. The summed E-state index contributed by atoms with van der Waals surface area (Å²) >= 11 is 6.18. The van der Waals surface area contributed by atoms with Crippen LogP contribution in [0.4, 0.5) is 10.5 Å². The SMILES string of the molecule is COc1ccc(Cl)cc1N1CCC(NC(=O)NCc2ccccc2CN2CCOCC2)C1. The molecular weight excluding hydrogens is 428 g/mol. The minimum absolute atomic E-state index is 0.0716. The van der Waals surface area contributed by atoms with Crippen molar-refractivity contribution in [1.82, 2.24) is 15.5 Å². The third-order valence-electron chi connectivity index (χ3n) is 6.06. The van der Waals surface area contributed by atoms with Crippen LogP contribution in [-0.2, 0) is 17.8 Å². The molecule has 2 heterocycles. The first kappa shape index (κ1) is 22.7. The van der Waals surface area contributed by atoms with Crippen molar-refractivity contribution in [3.63, 3.8) is 0 Å². The molecule has 7 nitrogen and oxygen atoms in total. The Labute approximate surface area is 194 Å². The zero-order valence-corrected chi connectivity index (χ0v) is 19.2. The fourth-order valence-electron chi connectivity index (χ4n) is 4.30. The molecule has 2 aliphatic heterocycles. The summed E-state index contributed by atoms with van der Waals surface area (Å²) < 4.78 is 10.9. The molecule has 0 bridgehead atoms. The number of morpholine rings is 1. The minimum atomic E-state index is -0.143. The van der Waals surface area contributed by atoms with Gasteiger partial charge < -0.3 is 25.0 Å². The maximum absolute atomic E-state index is 12.6. The third kappa shape index (κ3) is 5.85. The molecule has 1 atom stereocenters. The number of methoxy groups -OCH3 is 1. The number of benzene rings is 2. The highest BCUT2D eigenvalue weighted by molar-refractivity contribution is 6.30. The number of halogens is 1. The van der Waals surface area contributed by atoms with Gasteiger partial charge in [-0.15, -0.1) is 0 Å². The lowest BCUT2D eigenvalue weighted by atomic mass is 10.1. The Morgan fingerprint density at radius 2 is 1.94 bits per heavy atom. The second-order valence-corrected chi connectivity index (χ2v) is 8.67.